The van der Waals surface area contributed by atoms with Crippen LogP contribution in [0.25, 0.3) is 11.0 Å². The van der Waals surface area contributed by atoms with E-state index in [1.54, 1.807) is 6.20 Å². The van der Waals surface area contributed by atoms with Crippen molar-refractivity contribution < 1.29 is 9.53 Å². The second-order valence-corrected chi connectivity index (χ2v) is 6.73. The molecule has 0 unspecified atom stereocenters. The van der Waals surface area contributed by atoms with Gasteiger partial charge in [0.15, 0.2) is 11.7 Å². The van der Waals surface area contributed by atoms with Gasteiger partial charge in [-0.15, -0.1) is 0 Å². The van der Waals surface area contributed by atoms with E-state index in [4.69, 9.17) is 9.72 Å². The zero-order valence-electron chi connectivity index (χ0n) is 15.5. The molecule has 0 spiro atoms. The van der Waals surface area contributed by atoms with Gasteiger partial charge in [-0.1, -0.05) is 12.1 Å². The predicted molar refractivity (Wildman–Crippen MR) is 103 cm³/mol. The highest BCUT2D eigenvalue weighted by Crippen LogP contribution is 2.31. The first kappa shape index (κ1) is 17.9. The summed E-state index contributed by atoms with van der Waals surface area (Å²) >= 11 is 0. The number of carbonyl (C=O) groups excluding carboxylic acids is 1. The summed E-state index contributed by atoms with van der Waals surface area (Å²) in [4.78, 5) is 27.8. The molecule has 0 bridgehead atoms. The van der Waals surface area contributed by atoms with E-state index >= 15 is 0 Å². The van der Waals surface area contributed by atoms with Crippen LogP contribution in [0.4, 0.5) is 5.82 Å². The van der Waals surface area contributed by atoms with Crippen molar-refractivity contribution in [3.8, 4) is 6.07 Å². The monoisotopic (exact) mass is 376 g/mol. The fraction of sp³-hybridized carbons (Fsp3) is 0.350. The Bertz CT molecular complexity index is 1020. The lowest BCUT2D eigenvalue weighted by atomic mass is 10.0. The van der Waals surface area contributed by atoms with Crippen LogP contribution in [0.5, 0.6) is 0 Å². The normalized spacial score (nSPS) is 15.9. The number of hydrogen-bond donors (Lipinski definition) is 0. The van der Waals surface area contributed by atoms with E-state index in [-0.39, 0.29) is 0 Å². The Kier molecular flexibility index (Phi) is 4.89. The van der Waals surface area contributed by atoms with Gasteiger partial charge in [-0.3, -0.25) is 4.79 Å². The Morgan fingerprint density at radius 2 is 1.96 bits per heavy atom. The van der Waals surface area contributed by atoms with Crippen LogP contribution in [0, 0.1) is 11.3 Å². The SMILES string of the molecule is COC(=O)[C@H](C#N)c1nc2ccccc2nc1N1CCC(n2ccnc2)CC1. The van der Waals surface area contributed by atoms with E-state index in [1.807, 2.05) is 42.9 Å². The molecule has 4 rings (SSSR count). The van der Waals surface area contributed by atoms with Crippen molar-refractivity contribution in [2.45, 2.75) is 24.8 Å². The topological polar surface area (TPSA) is 96.9 Å². The summed E-state index contributed by atoms with van der Waals surface area (Å²) in [6.07, 6.45) is 7.43. The summed E-state index contributed by atoms with van der Waals surface area (Å²) in [5.74, 6) is -1.15. The minimum absolute atomic E-state index is 0.356. The van der Waals surface area contributed by atoms with Crippen LogP contribution in [0.15, 0.2) is 43.0 Å². The van der Waals surface area contributed by atoms with Crippen molar-refractivity contribution in [3.63, 3.8) is 0 Å². The summed E-state index contributed by atoms with van der Waals surface area (Å²) in [7, 11) is 1.28. The Hall–Kier alpha value is -3.47. The molecular formula is C20H20N6O2. The second-order valence-electron chi connectivity index (χ2n) is 6.73. The van der Waals surface area contributed by atoms with E-state index in [0.717, 1.165) is 31.4 Å². The number of imidazole rings is 1. The first-order chi connectivity index (χ1) is 13.7. The molecule has 8 heteroatoms. The van der Waals surface area contributed by atoms with Gasteiger partial charge >= 0.3 is 5.97 Å². The third-order valence-electron chi connectivity index (χ3n) is 5.13. The van der Waals surface area contributed by atoms with Crippen molar-refractivity contribution in [2.75, 3.05) is 25.1 Å². The maximum absolute atomic E-state index is 12.2. The fourth-order valence-electron chi connectivity index (χ4n) is 3.64. The van der Waals surface area contributed by atoms with Gasteiger partial charge in [0.1, 0.15) is 5.69 Å². The van der Waals surface area contributed by atoms with Crippen molar-refractivity contribution >= 4 is 22.8 Å². The molecule has 8 nitrogen and oxygen atoms in total. The van der Waals surface area contributed by atoms with Gasteiger partial charge in [0.2, 0.25) is 0 Å². The Labute approximate surface area is 162 Å². The van der Waals surface area contributed by atoms with Crippen LogP contribution in [-0.4, -0.2) is 45.7 Å². The van der Waals surface area contributed by atoms with Gasteiger partial charge in [-0.25, -0.2) is 15.0 Å². The third-order valence-corrected chi connectivity index (χ3v) is 5.13. The molecule has 0 aliphatic carbocycles. The van der Waals surface area contributed by atoms with Gasteiger partial charge in [-0.05, 0) is 25.0 Å². The summed E-state index contributed by atoms with van der Waals surface area (Å²) in [6, 6.07) is 9.87. The lowest BCUT2D eigenvalue weighted by Crippen LogP contribution is -2.36. The molecule has 0 saturated carbocycles. The number of hydrogen-bond acceptors (Lipinski definition) is 7. The molecule has 3 heterocycles. The van der Waals surface area contributed by atoms with Crippen LogP contribution < -0.4 is 4.90 Å². The maximum atomic E-state index is 12.2. The minimum Gasteiger partial charge on any atom is -0.468 e. The minimum atomic E-state index is -1.11. The average molecular weight is 376 g/mol. The van der Waals surface area contributed by atoms with E-state index in [9.17, 15) is 10.1 Å². The van der Waals surface area contributed by atoms with E-state index in [2.05, 4.69) is 19.4 Å². The number of fused-ring (bicyclic) bond motifs is 1. The molecule has 0 radical (unpaired) electrons. The molecule has 0 N–H and O–H groups in total. The molecule has 1 aliphatic heterocycles. The lowest BCUT2D eigenvalue weighted by Gasteiger charge is -2.34. The molecule has 1 aliphatic rings. The fourth-order valence-corrected chi connectivity index (χ4v) is 3.64. The molecule has 0 amide bonds. The van der Waals surface area contributed by atoms with Gasteiger partial charge in [0.25, 0.3) is 0 Å². The van der Waals surface area contributed by atoms with Gasteiger partial charge in [0, 0.05) is 31.5 Å². The highest BCUT2D eigenvalue weighted by Gasteiger charge is 2.31. The zero-order chi connectivity index (χ0) is 19.5. The summed E-state index contributed by atoms with van der Waals surface area (Å²) < 4.78 is 6.94. The molecule has 1 saturated heterocycles. The molecule has 142 valence electrons. The molecule has 2 aromatic heterocycles. The molecule has 28 heavy (non-hydrogen) atoms. The van der Waals surface area contributed by atoms with Crippen LogP contribution in [0.1, 0.15) is 30.5 Å². The predicted octanol–water partition coefficient (Wildman–Crippen LogP) is 2.45. The molecule has 1 atom stereocenters. The molecular weight excluding hydrogens is 356 g/mol. The number of para-hydroxylation sites is 2. The number of ether oxygens (including phenoxy) is 1. The number of nitrogens with zero attached hydrogens (tertiary/aromatic N) is 6. The number of anilines is 1. The van der Waals surface area contributed by atoms with Gasteiger partial charge in [0.05, 0.1) is 30.5 Å². The third kappa shape index (κ3) is 3.27. The zero-order valence-corrected chi connectivity index (χ0v) is 15.5. The number of nitriles is 1. The summed E-state index contributed by atoms with van der Waals surface area (Å²) in [6.45, 7) is 1.50. The van der Waals surface area contributed by atoms with E-state index in [1.165, 1.54) is 7.11 Å². The van der Waals surface area contributed by atoms with Crippen LogP contribution in [0.3, 0.4) is 0 Å². The smallest absolute Gasteiger partial charge is 0.329 e. The Morgan fingerprint density at radius 1 is 1.25 bits per heavy atom. The van der Waals surface area contributed by atoms with Crippen LogP contribution in [0.2, 0.25) is 0 Å². The average Bonchev–Trinajstić information content (AvgIpc) is 3.28. The van der Waals surface area contributed by atoms with Crippen molar-refractivity contribution in [1.82, 2.24) is 19.5 Å². The lowest BCUT2D eigenvalue weighted by molar-refractivity contribution is -0.141. The van der Waals surface area contributed by atoms with Gasteiger partial charge < -0.3 is 14.2 Å². The maximum Gasteiger partial charge on any atom is 0.329 e. The standard InChI is InChI=1S/C20H20N6O2/c1-28-20(27)15(12-21)18-19(24-17-5-3-2-4-16(17)23-18)25-9-6-14(7-10-25)26-11-8-22-13-26/h2-5,8,11,13-15H,6-7,9-10H2,1H3/t15-/m1/s1. The number of aromatic nitrogens is 4. The van der Waals surface area contributed by atoms with Crippen molar-refractivity contribution in [1.29, 1.82) is 5.26 Å². The molecule has 1 aromatic carbocycles. The molecule has 3 aromatic rings. The highest BCUT2D eigenvalue weighted by molar-refractivity contribution is 5.85. The van der Waals surface area contributed by atoms with Crippen molar-refractivity contribution in [2.24, 2.45) is 0 Å². The quantitative estimate of drug-likeness (QED) is 0.645. The van der Waals surface area contributed by atoms with Gasteiger partial charge in [-0.2, -0.15) is 5.26 Å². The summed E-state index contributed by atoms with van der Waals surface area (Å²) in [5, 5.41) is 9.60. The largest absolute Gasteiger partial charge is 0.468 e. The Morgan fingerprint density at radius 3 is 2.57 bits per heavy atom. The second kappa shape index (κ2) is 7.64. The summed E-state index contributed by atoms with van der Waals surface area (Å²) in [5.41, 5.74) is 1.74. The number of methoxy groups -OCH3 is 1. The first-order valence-electron chi connectivity index (χ1n) is 9.17. The van der Waals surface area contributed by atoms with Crippen molar-refractivity contribution in [3.05, 3.63) is 48.7 Å². The first-order valence-corrected chi connectivity index (χ1v) is 9.17. The molecule has 1 fully saturated rings. The number of carbonyl (C=O) groups is 1. The number of piperidine rings is 1. The van der Waals surface area contributed by atoms with Crippen LogP contribution >= 0.6 is 0 Å². The van der Waals surface area contributed by atoms with E-state index in [0.29, 0.717) is 23.1 Å². The number of benzene rings is 1. The number of rotatable bonds is 4. The highest BCUT2D eigenvalue weighted by atomic mass is 16.5. The Balaban J connectivity index is 1.70. The number of esters is 1. The van der Waals surface area contributed by atoms with Crippen LogP contribution in [-0.2, 0) is 9.53 Å². The van der Waals surface area contributed by atoms with E-state index < -0.39 is 11.9 Å².